The fraction of sp³-hybridized carbons (Fsp3) is 0.160. The van der Waals surface area contributed by atoms with Gasteiger partial charge in [0.1, 0.15) is 5.82 Å². The first-order chi connectivity index (χ1) is 15.2. The van der Waals surface area contributed by atoms with E-state index in [1.165, 1.54) is 23.1 Å². The number of aromatic nitrogens is 1. The second-order valence-electron chi connectivity index (χ2n) is 7.83. The number of hydrogen-bond acceptors (Lipinski definition) is 3. The number of nitrogens with zero attached hydrogens (tertiary/aromatic N) is 1. The molecule has 0 radical (unpaired) electrons. The van der Waals surface area contributed by atoms with Gasteiger partial charge in [-0.25, -0.2) is 4.39 Å². The highest BCUT2D eigenvalue weighted by Crippen LogP contribution is 2.40. The molecule has 0 saturated heterocycles. The lowest BCUT2D eigenvalue weighted by molar-refractivity contribution is 0.0691. The van der Waals surface area contributed by atoms with Gasteiger partial charge in [0.25, 0.3) is 5.91 Å². The van der Waals surface area contributed by atoms with Gasteiger partial charge >= 0.3 is 0 Å². The van der Waals surface area contributed by atoms with Crippen LogP contribution in [0.4, 0.5) is 4.39 Å². The van der Waals surface area contributed by atoms with Crippen molar-refractivity contribution in [2.45, 2.75) is 12.5 Å². The first-order valence-corrected chi connectivity index (χ1v) is 10.2. The zero-order chi connectivity index (χ0) is 20.9. The van der Waals surface area contributed by atoms with Crippen LogP contribution in [-0.4, -0.2) is 29.1 Å². The molecule has 154 valence electrons. The Morgan fingerprint density at radius 1 is 1.00 bits per heavy atom. The van der Waals surface area contributed by atoms with Gasteiger partial charge in [0, 0.05) is 28.7 Å². The number of rotatable bonds is 2. The van der Waals surface area contributed by atoms with Gasteiger partial charge in [-0.1, -0.05) is 30.3 Å². The maximum atomic E-state index is 13.7. The third kappa shape index (κ3) is 2.86. The molecule has 1 aromatic heterocycles. The van der Waals surface area contributed by atoms with Crippen LogP contribution in [0.2, 0.25) is 0 Å². The van der Waals surface area contributed by atoms with E-state index in [0.29, 0.717) is 23.6 Å². The molecule has 0 aliphatic carbocycles. The standard InChI is InChI=1S/C25H19FN2O3/c26-17-8-5-15(6-9-17)24-23-19(18-3-1-2-4-20(18)27-23)11-12-28(24)25(29)16-7-10-21-22(13-16)31-14-30-21/h1-10,13,24,27H,11-12,14H2. The van der Waals surface area contributed by atoms with Crippen molar-refractivity contribution in [2.24, 2.45) is 0 Å². The fourth-order valence-corrected chi connectivity index (χ4v) is 4.65. The molecule has 0 saturated carbocycles. The quantitative estimate of drug-likeness (QED) is 0.512. The summed E-state index contributed by atoms with van der Waals surface area (Å²) < 4.78 is 24.5. The first-order valence-electron chi connectivity index (χ1n) is 10.2. The van der Waals surface area contributed by atoms with Crippen molar-refractivity contribution in [3.63, 3.8) is 0 Å². The molecule has 0 fully saturated rings. The van der Waals surface area contributed by atoms with Crippen LogP contribution in [0, 0.1) is 5.82 Å². The van der Waals surface area contributed by atoms with Gasteiger partial charge < -0.3 is 19.4 Å². The lowest BCUT2D eigenvalue weighted by Gasteiger charge is -2.36. The van der Waals surface area contributed by atoms with Gasteiger partial charge in [-0.3, -0.25) is 4.79 Å². The second kappa shape index (κ2) is 6.87. The van der Waals surface area contributed by atoms with Gasteiger partial charge in [-0.2, -0.15) is 0 Å². The Hall–Kier alpha value is -3.80. The molecule has 2 aliphatic rings. The summed E-state index contributed by atoms with van der Waals surface area (Å²) in [4.78, 5) is 19.0. The average molecular weight is 414 g/mol. The zero-order valence-electron chi connectivity index (χ0n) is 16.6. The van der Waals surface area contributed by atoms with Gasteiger partial charge in [-0.05, 0) is 53.9 Å². The van der Waals surface area contributed by atoms with Gasteiger partial charge in [-0.15, -0.1) is 0 Å². The molecule has 3 heterocycles. The summed E-state index contributed by atoms with van der Waals surface area (Å²) in [5, 5.41) is 1.17. The van der Waals surface area contributed by atoms with Crippen molar-refractivity contribution in [3.05, 3.63) is 94.9 Å². The van der Waals surface area contributed by atoms with E-state index < -0.39 is 0 Å². The van der Waals surface area contributed by atoms with E-state index in [0.717, 1.165) is 23.2 Å². The zero-order valence-corrected chi connectivity index (χ0v) is 16.6. The van der Waals surface area contributed by atoms with E-state index in [9.17, 15) is 9.18 Å². The van der Waals surface area contributed by atoms with Crippen LogP contribution in [0.25, 0.3) is 10.9 Å². The number of carbonyl (C=O) groups is 1. The van der Waals surface area contributed by atoms with Crippen LogP contribution in [0.3, 0.4) is 0 Å². The molecule has 2 aliphatic heterocycles. The summed E-state index contributed by atoms with van der Waals surface area (Å²) in [7, 11) is 0. The molecule has 3 aromatic carbocycles. The molecule has 31 heavy (non-hydrogen) atoms. The number of ether oxygens (including phenoxy) is 2. The number of aromatic amines is 1. The van der Waals surface area contributed by atoms with Crippen molar-refractivity contribution >= 4 is 16.8 Å². The van der Waals surface area contributed by atoms with Crippen molar-refractivity contribution in [2.75, 3.05) is 13.3 Å². The topological polar surface area (TPSA) is 54.6 Å². The Morgan fingerprint density at radius 2 is 1.81 bits per heavy atom. The number of halogens is 1. The highest BCUT2D eigenvalue weighted by molar-refractivity contribution is 5.96. The Balaban J connectivity index is 1.47. The summed E-state index contributed by atoms with van der Waals surface area (Å²) in [6.45, 7) is 0.720. The van der Waals surface area contributed by atoms with E-state index in [2.05, 4.69) is 11.1 Å². The molecule has 1 N–H and O–H groups in total. The number of para-hydroxylation sites is 1. The van der Waals surface area contributed by atoms with E-state index in [4.69, 9.17) is 9.47 Å². The Bertz CT molecular complexity index is 1310. The lowest BCUT2D eigenvalue weighted by atomic mass is 9.91. The maximum absolute atomic E-state index is 13.7. The lowest BCUT2D eigenvalue weighted by Crippen LogP contribution is -2.40. The van der Waals surface area contributed by atoms with E-state index >= 15 is 0 Å². The molecule has 1 amide bonds. The largest absolute Gasteiger partial charge is 0.454 e. The molecule has 4 aromatic rings. The van der Waals surface area contributed by atoms with Gasteiger partial charge in [0.05, 0.1) is 6.04 Å². The molecule has 0 spiro atoms. The van der Waals surface area contributed by atoms with Crippen LogP contribution >= 0.6 is 0 Å². The SMILES string of the molecule is O=C(c1ccc2c(c1)OCO2)N1CCc2c([nH]c3ccccc23)C1c1ccc(F)cc1. The molecular weight excluding hydrogens is 395 g/mol. The number of H-pyrrole nitrogens is 1. The number of fused-ring (bicyclic) bond motifs is 4. The van der Waals surface area contributed by atoms with Crippen molar-refractivity contribution < 1.29 is 18.7 Å². The summed E-state index contributed by atoms with van der Waals surface area (Å²) >= 11 is 0. The second-order valence-corrected chi connectivity index (χ2v) is 7.83. The predicted octanol–water partition coefficient (Wildman–Crippen LogP) is 4.82. The van der Waals surface area contributed by atoms with Crippen molar-refractivity contribution in [1.29, 1.82) is 0 Å². The van der Waals surface area contributed by atoms with E-state index in [1.807, 2.05) is 23.1 Å². The Kier molecular flexibility index (Phi) is 3.99. The van der Waals surface area contributed by atoms with Crippen LogP contribution < -0.4 is 9.47 Å². The molecule has 6 heteroatoms. The molecular formula is C25H19FN2O3. The minimum atomic E-state index is -0.338. The van der Waals surface area contributed by atoms with Gasteiger partial charge in [0.15, 0.2) is 11.5 Å². The average Bonchev–Trinajstić information content (AvgIpc) is 3.42. The summed E-state index contributed by atoms with van der Waals surface area (Å²) in [5.74, 6) is 0.817. The summed E-state index contributed by atoms with van der Waals surface area (Å²) in [5.41, 5.74) is 4.63. The number of nitrogens with one attached hydrogen (secondary N) is 1. The summed E-state index contributed by atoms with van der Waals surface area (Å²) in [6.07, 6.45) is 0.743. The molecule has 6 rings (SSSR count). The van der Waals surface area contributed by atoms with Gasteiger partial charge in [0.2, 0.25) is 6.79 Å². The normalized spacial score (nSPS) is 17.1. The molecule has 1 atom stereocenters. The highest BCUT2D eigenvalue weighted by Gasteiger charge is 2.35. The minimum absolute atomic E-state index is 0.100. The van der Waals surface area contributed by atoms with Crippen LogP contribution in [0.15, 0.2) is 66.7 Å². The van der Waals surface area contributed by atoms with Crippen LogP contribution in [-0.2, 0) is 6.42 Å². The van der Waals surface area contributed by atoms with Crippen molar-refractivity contribution in [3.8, 4) is 11.5 Å². The van der Waals surface area contributed by atoms with Crippen LogP contribution in [0.1, 0.15) is 33.2 Å². The number of benzene rings is 3. The third-order valence-corrected chi connectivity index (χ3v) is 6.10. The fourth-order valence-electron chi connectivity index (χ4n) is 4.65. The number of amides is 1. The smallest absolute Gasteiger partial charge is 0.254 e. The maximum Gasteiger partial charge on any atom is 0.254 e. The highest BCUT2D eigenvalue weighted by atomic mass is 19.1. The minimum Gasteiger partial charge on any atom is -0.454 e. The number of hydrogen-bond donors (Lipinski definition) is 1. The number of carbonyl (C=O) groups excluding carboxylic acids is 1. The Morgan fingerprint density at radius 3 is 2.68 bits per heavy atom. The van der Waals surface area contributed by atoms with E-state index in [1.54, 1.807) is 30.3 Å². The monoisotopic (exact) mass is 414 g/mol. The molecule has 0 bridgehead atoms. The third-order valence-electron chi connectivity index (χ3n) is 6.10. The predicted molar refractivity (Wildman–Crippen MR) is 114 cm³/mol. The Labute approximate surface area is 178 Å². The molecule has 5 nitrogen and oxygen atoms in total. The van der Waals surface area contributed by atoms with Crippen LogP contribution in [0.5, 0.6) is 11.5 Å². The molecule has 1 unspecified atom stereocenters. The van der Waals surface area contributed by atoms with Crippen molar-refractivity contribution in [1.82, 2.24) is 9.88 Å². The first kappa shape index (κ1) is 18.0. The van der Waals surface area contributed by atoms with E-state index in [-0.39, 0.29) is 24.6 Å². The summed E-state index contributed by atoms with van der Waals surface area (Å²) in [6, 6.07) is 19.5.